The zero-order chi connectivity index (χ0) is 14.5. The smallest absolute Gasteiger partial charge is 0.335 e. The second-order valence-electron chi connectivity index (χ2n) is 4.13. The molecular formula is C15H12O5. The van der Waals surface area contributed by atoms with Gasteiger partial charge >= 0.3 is 11.9 Å². The van der Waals surface area contributed by atoms with Crippen LogP contribution >= 0.6 is 0 Å². The number of carboxylic acids is 2. The van der Waals surface area contributed by atoms with Gasteiger partial charge in [0, 0.05) is 0 Å². The van der Waals surface area contributed by atoms with Crippen LogP contribution in [0.25, 0.3) is 0 Å². The summed E-state index contributed by atoms with van der Waals surface area (Å²) in [6.07, 6.45) is 0. The minimum absolute atomic E-state index is 0.118. The van der Waals surface area contributed by atoms with Gasteiger partial charge in [-0.1, -0.05) is 30.3 Å². The highest BCUT2D eigenvalue weighted by Crippen LogP contribution is 2.19. The number of benzene rings is 2. The zero-order valence-electron chi connectivity index (χ0n) is 10.4. The molecule has 0 heterocycles. The monoisotopic (exact) mass is 272 g/mol. The summed E-state index contributed by atoms with van der Waals surface area (Å²) >= 11 is 0. The predicted molar refractivity (Wildman–Crippen MR) is 71.1 cm³/mol. The molecule has 2 rings (SSSR count). The molecule has 0 aliphatic heterocycles. The topological polar surface area (TPSA) is 83.8 Å². The fourth-order valence-corrected chi connectivity index (χ4v) is 1.67. The largest absolute Gasteiger partial charge is 0.489 e. The Morgan fingerprint density at radius 2 is 1.45 bits per heavy atom. The molecule has 0 aromatic heterocycles. The van der Waals surface area contributed by atoms with E-state index >= 15 is 0 Å². The van der Waals surface area contributed by atoms with Gasteiger partial charge < -0.3 is 14.9 Å². The third-order valence-electron chi connectivity index (χ3n) is 2.65. The summed E-state index contributed by atoms with van der Waals surface area (Å²) in [4.78, 5) is 21.9. The van der Waals surface area contributed by atoms with Crippen molar-refractivity contribution in [3.63, 3.8) is 0 Å². The second kappa shape index (κ2) is 5.88. The average Bonchev–Trinajstić information content (AvgIpc) is 2.45. The van der Waals surface area contributed by atoms with Gasteiger partial charge in [-0.3, -0.25) is 0 Å². The van der Waals surface area contributed by atoms with Gasteiger partial charge in [-0.15, -0.1) is 0 Å². The van der Waals surface area contributed by atoms with E-state index in [-0.39, 0.29) is 23.5 Å². The Labute approximate surface area is 115 Å². The van der Waals surface area contributed by atoms with Crippen molar-refractivity contribution in [2.75, 3.05) is 0 Å². The summed E-state index contributed by atoms with van der Waals surface area (Å²) in [5.41, 5.74) is 0.672. The molecule has 0 aliphatic rings. The molecule has 5 heteroatoms. The van der Waals surface area contributed by atoms with Crippen LogP contribution < -0.4 is 4.74 Å². The van der Waals surface area contributed by atoms with Crippen LogP contribution in [0.15, 0.2) is 48.5 Å². The molecule has 0 spiro atoms. The van der Waals surface area contributed by atoms with E-state index in [0.717, 1.165) is 11.6 Å². The van der Waals surface area contributed by atoms with Gasteiger partial charge in [0.2, 0.25) is 0 Å². The number of carbonyl (C=O) groups is 2. The molecule has 2 aromatic carbocycles. The predicted octanol–water partition coefficient (Wildman–Crippen LogP) is 2.66. The molecule has 0 radical (unpaired) electrons. The van der Waals surface area contributed by atoms with Crippen LogP contribution in [0.2, 0.25) is 0 Å². The lowest BCUT2D eigenvalue weighted by Crippen LogP contribution is -2.04. The van der Waals surface area contributed by atoms with Crippen molar-refractivity contribution in [2.45, 2.75) is 6.61 Å². The van der Waals surface area contributed by atoms with Crippen molar-refractivity contribution in [2.24, 2.45) is 0 Å². The van der Waals surface area contributed by atoms with E-state index in [1.807, 2.05) is 30.3 Å². The lowest BCUT2D eigenvalue weighted by Gasteiger charge is -2.08. The Morgan fingerprint density at radius 3 is 1.95 bits per heavy atom. The molecular weight excluding hydrogens is 260 g/mol. The van der Waals surface area contributed by atoms with Crippen LogP contribution in [0.4, 0.5) is 0 Å². The third-order valence-corrected chi connectivity index (χ3v) is 2.65. The van der Waals surface area contributed by atoms with E-state index in [1.165, 1.54) is 12.1 Å². The van der Waals surface area contributed by atoms with Crippen molar-refractivity contribution in [1.29, 1.82) is 0 Å². The highest BCUT2D eigenvalue weighted by Gasteiger charge is 2.12. The van der Waals surface area contributed by atoms with Gasteiger partial charge in [0.15, 0.2) is 0 Å². The first-order valence-corrected chi connectivity index (χ1v) is 5.84. The summed E-state index contributed by atoms with van der Waals surface area (Å²) in [6.45, 7) is 0.239. The number of hydrogen-bond donors (Lipinski definition) is 2. The molecule has 2 aromatic rings. The Hall–Kier alpha value is -2.82. The quantitative estimate of drug-likeness (QED) is 0.874. The zero-order valence-corrected chi connectivity index (χ0v) is 10.4. The Bertz CT molecular complexity index is 602. The van der Waals surface area contributed by atoms with Crippen molar-refractivity contribution < 1.29 is 24.5 Å². The number of hydrogen-bond acceptors (Lipinski definition) is 3. The van der Waals surface area contributed by atoms with Gasteiger partial charge in [0.1, 0.15) is 12.4 Å². The summed E-state index contributed by atoms with van der Waals surface area (Å²) in [7, 11) is 0. The second-order valence-corrected chi connectivity index (χ2v) is 4.13. The number of rotatable bonds is 5. The van der Waals surface area contributed by atoms with E-state index in [1.54, 1.807) is 0 Å². The van der Waals surface area contributed by atoms with Crippen LogP contribution in [0, 0.1) is 0 Å². The van der Waals surface area contributed by atoms with Gasteiger partial charge in [-0.2, -0.15) is 0 Å². The van der Waals surface area contributed by atoms with Crippen LogP contribution in [-0.2, 0) is 6.61 Å². The van der Waals surface area contributed by atoms with Gasteiger partial charge in [0.25, 0.3) is 0 Å². The fourth-order valence-electron chi connectivity index (χ4n) is 1.67. The van der Waals surface area contributed by atoms with E-state index in [2.05, 4.69) is 0 Å². The highest BCUT2D eigenvalue weighted by atomic mass is 16.5. The summed E-state index contributed by atoms with van der Waals surface area (Å²) in [5.74, 6) is -2.18. The van der Waals surface area contributed by atoms with Gasteiger partial charge in [-0.25, -0.2) is 9.59 Å². The minimum Gasteiger partial charge on any atom is -0.489 e. The molecule has 0 unspecified atom stereocenters. The first-order chi connectivity index (χ1) is 9.56. The molecule has 0 saturated carbocycles. The molecule has 5 nitrogen and oxygen atoms in total. The third kappa shape index (κ3) is 3.35. The maximum absolute atomic E-state index is 11.0. The molecule has 0 amide bonds. The van der Waals surface area contributed by atoms with E-state index in [0.29, 0.717) is 0 Å². The normalized spacial score (nSPS) is 10.0. The highest BCUT2D eigenvalue weighted by molar-refractivity contribution is 5.94. The Morgan fingerprint density at radius 1 is 0.900 bits per heavy atom. The molecule has 0 bridgehead atoms. The number of carboxylic acid groups (broad SMARTS) is 2. The van der Waals surface area contributed by atoms with Crippen molar-refractivity contribution in [3.05, 3.63) is 65.2 Å². The lowest BCUT2D eigenvalue weighted by atomic mass is 10.1. The molecule has 0 aliphatic carbocycles. The Kier molecular flexibility index (Phi) is 4.00. The summed E-state index contributed by atoms with van der Waals surface area (Å²) in [6, 6.07) is 13.0. The lowest BCUT2D eigenvalue weighted by molar-refractivity contribution is 0.0696. The first kappa shape index (κ1) is 13.6. The molecule has 0 saturated heterocycles. The van der Waals surface area contributed by atoms with E-state index < -0.39 is 11.9 Å². The fraction of sp³-hybridized carbons (Fsp3) is 0.0667. The van der Waals surface area contributed by atoms with Crippen molar-refractivity contribution in [3.8, 4) is 5.75 Å². The van der Waals surface area contributed by atoms with E-state index in [4.69, 9.17) is 14.9 Å². The van der Waals surface area contributed by atoms with E-state index in [9.17, 15) is 9.59 Å². The SMILES string of the molecule is O=C(O)c1cc(OCc2ccccc2)cc(C(=O)O)c1. The van der Waals surface area contributed by atoms with Gasteiger partial charge in [0.05, 0.1) is 11.1 Å². The Balaban J connectivity index is 2.22. The van der Waals surface area contributed by atoms with Crippen LogP contribution in [0.1, 0.15) is 26.3 Å². The van der Waals surface area contributed by atoms with Crippen molar-refractivity contribution >= 4 is 11.9 Å². The van der Waals surface area contributed by atoms with Crippen LogP contribution in [0.5, 0.6) is 5.75 Å². The average molecular weight is 272 g/mol. The molecule has 0 fully saturated rings. The van der Waals surface area contributed by atoms with Gasteiger partial charge in [-0.05, 0) is 23.8 Å². The standard InChI is InChI=1S/C15H12O5/c16-14(17)11-6-12(15(18)19)8-13(7-11)20-9-10-4-2-1-3-5-10/h1-8H,9H2,(H,16,17)(H,18,19). The molecule has 102 valence electrons. The number of ether oxygens (including phenoxy) is 1. The molecule has 0 atom stereocenters. The number of aromatic carboxylic acids is 2. The summed E-state index contributed by atoms with van der Waals surface area (Å²) in [5, 5.41) is 17.9. The molecule has 2 N–H and O–H groups in total. The maximum Gasteiger partial charge on any atom is 0.335 e. The maximum atomic E-state index is 11.0. The van der Waals surface area contributed by atoms with Crippen molar-refractivity contribution in [1.82, 2.24) is 0 Å². The summed E-state index contributed by atoms with van der Waals surface area (Å²) < 4.78 is 5.45. The van der Waals surface area contributed by atoms with Crippen LogP contribution in [-0.4, -0.2) is 22.2 Å². The minimum atomic E-state index is -1.20. The van der Waals surface area contributed by atoms with Crippen LogP contribution in [0.3, 0.4) is 0 Å². The first-order valence-electron chi connectivity index (χ1n) is 5.84. The molecule has 20 heavy (non-hydrogen) atoms.